The number of hydrogen-bond acceptors (Lipinski definition) is 0. The van der Waals surface area contributed by atoms with Crippen molar-refractivity contribution in [3.63, 3.8) is 0 Å². The third-order valence-electron chi connectivity index (χ3n) is 10.1. The second kappa shape index (κ2) is 13.4. The Morgan fingerprint density at radius 3 is 1.09 bits per heavy atom. The van der Waals surface area contributed by atoms with E-state index in [2.05, 4.69) is 166 Å². The van der Waals surface area contributed by atoms with E-state index >= 15 is 0 Å². The maximum absolute atomic E-state index is 2.59. The molecule has 0 bridgehead atoms. The maximum atomic E-state index is 2.59. The van der Waals surface area contributed by atoms with Crippen LogP contribution in [-0.4, -0.2) is 8.07 Å². The number of fused-ring (bicyclic) bond motifs is 2. The predicted octanol–water partition coefficient (Wildman–Crippen LogP) is 12.1. The Kier molecular flexibility index (Phi) is 10.9. The SMILES string of the molecule is Cc1cccc(C)c1-c1cccc2[cH-]c([Si](c3cc4c(-c5c(C)cccc5C)cccc4[cH-]3)(C(C)(C)C)C(C)(C)C)cc12.[CH3-].[CH3-].[Hf+4]. The van der Waals surface area contributed by atoms with Crippen molar-refractivity contribution >= 4 is 40.0 Å². The van der Waals surface area contributed by atoms with Gasteiger partial charge in [0.05, 0.1) is 8.07 Å². The van der Waals surface area contributed by atoms with E-state index in [9.17, 15) is 0 Å². The van der Waals surface area contributed by atoms with Crippen molar-refractivity contribution in [2.75, 3.05) is 0 Å². The molecule has 6 rings (SSSR count). The van der Waals surface area contributed by atoms with Crippen LogP contribution in [0.3, 0.4) is 0 Å². The van der Waals surface area contributed by atoms with E-state index < -0.39 is 8.07 Å². The summed E-state index contributed by atoms with van der Waals surface area (Å²) in [5.41, 5.74) is 10.8. The van der Waals surface area contributed by atoms with Gasteiger partial charge in [0, 0.05) is 0 Å². The Balaban J connectivity index is 0.00000192. The zero-order valence-electron chi connectivity index (χ0n) is 30.2. The first-order chi connectivity index (χ1) is 20.3. The topological polar surface area (TPSA) is 0 Å². The fraction of sp³-hybridized carbons (Fsp3) is 0.273. The van der Waals surface area contributed by atoms with Gasteiger partial charge in [0.2, 0.25) is 0 Å². The van der Waals surface area contributed by atoms with Crippen molar-refractivity contribution in [3.05, 3.63) is 134 Å². The molecule has 0 heterocycles. The summed E-state index contributed by atoms with van der Waals surface area (Å²) in [6.07, 6.45) is 0. The molecule has 6 aromatic rings. The van der Waals surface area contributed by atoms with E-state index in [4.69, 9.17) is 0 Å². The zero-order valence-corrected chi connectivity index (χ0v) is 34.8. The summed E-state index contributed by atoms with van der Waals surface area (Å²) in [6.45, 7) is 24.0. The van der Waals surface area contributed by atoms with Crippen molar-refractivity contribution in [3.8, 4) is 22.3 Å². The van der Waals surface area contributed by atoms with Crippen LogP contribution in [-0.2, 0) is 25.8 Å². The molecule has 0 spiro atoms. The minimum atomic E-state index is -2.42. The van der Waals surface area contributed by atoms with Crippen molar-refractivity contribution in [2.24, 2.45) is 0 Å². The second-order valence-corrected chi connectivity index (χ2v) is 20.5. The summed E-state index contributed by atoms with van der Waals surface area (Å²) in [4.78, 5) is 0. The van der Waals surface area contributed by atoms with Crippen LogP contribution < -0.4 is 10.4 Å². The Hall–Kier alpha value is -2.81. The third kappa shape index (κ3) is 5.79. The number of benzene rings is 4. The molecule has 0 radical (unpaired) electrons. The van der Waals surface area contributed by atoms with Crippen LogP contribution in [0, 0.1) is 42.5 Å². The molecule has 0 nitrogen and oxygen atoms in total. The Morgan fingerprint density at radius 1 is 0.478 bits per heavy atom. The smallest absolute Gasteiger partial charge is 0.358 e. The molecule has 0 aliphatic carbocycles. The first-order valence-electron chi connectivity index (χ1n) is 15.8. The average Bonchev–Trinajstić information content (AvgIpc) is 3.53. The summed E-state index contributed by atoms with van der Waals surface area (Å²) < 4.78 is 0. The minimum absolute atomic E-state index is 0. The summed E-state index contributed by atoms with van der Waals surface area (Å²) in [7, 11) is -2.42. The average molecular weight is 787 g/mol. The van der Waals surface area contributed by atoms with Crippen LogP contribution in [0.25, 0.3) is 43.8 Å². The van der Waals surface area contributed by atoms with Crippen molar-refractivity contribution in [1.82, 2.24) is 0 Å². The second-order valence-electron chi connectivity index (χ2n) is 14.9. The van der Waals surface area contributed by atoms with Crippen LogP contribution in [0.4, 0.5) is 0 Å². The molecule has 0 saturated heterocycles. The summed E-state index contributed by atoms with van der Waals surface area (Å²) in [5.74, 6) is 0. The Morgan fingerprint density at radius 2 is 0.783 bits per heavy atom. The van der Waals surface area contributed by atoms with Gasteiger partial charge >= 0.3 is 25.8 Å². The first-order valence-corrected chi connectivity index (χ1v) is 17.8. The molecule has 2 heteroatoms. The fourth-order valence-corrected chi connectivity index (χ4v) is 16.4. The molecule has 0 aromatic heterocycles. The van der Waals surface area contributed by atoms with Crippen LogP contribution in [0.1, 0.15) is 63.8 Å². The van der Waals surface area contributed by atoms with Gasteiger partial charge in [-0.15, -0.1) is 68.3 Å². The van der Waals surface area contributed by atoms with E-state index in [0.717, 1.165) is 0 Å². The molecule has 0 aliphatic heterocycles. The van der Waals surface area contributed by atoms with Crippen molar-refractivity contribution < 1.29 is 25.8 Å². The van der Waals surface area contributed by atoms with Gasteiger partial charge in [-0.05, 0) is 71.2 Å². The molecule has 0 N–H and O–H groups in total. The number of hydrogen-bond donors (Lipinski definition) is 0. The summed E-state index contributed by atoms with van der Waals surface area (Å²) >= 11 is 0. The van der Waals surface area contributed by atoms with Gasteiger partial charge in [-0.3, -0.25) is 0 Å². The van der Waals surface area contributed by atoms with Crippen LogP contribution in [0.5, 0.6) is 0 Å². The van der Waals surface area contributed by atoms with Gasteiger partial charge in [-0.1, -0.05) is 101 Å². The molecule has 0 aliphatic rings. The van der Waals surface area contributed by atoms with Gasteiger partial charge in [0.15, 0.2) is 0 Å². The molecule has 0 amide bonds. The van der Waals surface area contributed by atoms with Crippen LogP contribution in [0.2, 0.25) is 10.1 Å². The number of rotatable bonds is 4. The van der Waals surface area contributed by atoms with E-state index in [-0.39, 0.29) is 50.8 Å². The monoisotopic (exact) mass is 788 g/mol. The van der Waals surface area contributed by atoms with Crippen LogP contribution in [0.15, 0.2) is 97.1 Å². The summed E-state index contributed by atoms with van der Waals surface area (Å²) in [6, 6.07) is 37.4. The Bertz CT molecular complexity index is 1800. The number of aryl methyl sites for hydroxylation is 4. The van der Waals surface area contributed by atoms with Gasteiger partial charge in [0.1, 0.15) is 0 Å². The maximum Gasteiger partial charge on any atom is 4.00 e. The normalized spacial score (nSPS) is 12.0. The van der Waals surface area contributed by atoms with E-state index in [1.165, 1.54) is 66.1 Å². The largest absolute Gasteiger partial charge is 4.00 e. The fourth-order valence-electron chi connectivity index (χ4n) is 8.84. The molecule has 0 fully saturated rings. The first kappa shape index (κ1) is 37.6. The quantitative estimate of drug-likeness (QED) is 0.123. The molecular formula is C44H52HfSi. The molecule has 0 saturated carbocycles. The standard InChI is InChI=1S/C42H46Si.2CH3.Hf/c1-27-15-11-16-28(2)39(27)35-21-13-19-31-23-33(25-37(31)35)43(41(5,6)7,42(8,9)10)34-24-32-20-14-22-36(38(32)26-34)40-29(3)17-12-18-30(40)4;;;/h11-26H,1-10H3;2*1H3;/q-2;2*-1;+4. The van der Waals surface area contributed by atoms with E-state index in [0.29, 0.717) is 0 Å². The van der Waals surface area contributed by atoms with Crippen molar-refractivity contribution in [1.29, 1.82) is 0 Å². The minimum Gasteiger partial charge on any atom is -0.358 e. The Labute approximate surface area is 299 Å². The van der Waals surface area contributed by atoms with Gasteiger partial charge < -0.3 is 14.9 Å². The third-order valence-corrected chi connectivity index (χ3v) is 16.9. The molecule has 236 valence electrons. The predicted molar refractivity (Wildman–Crippen MR) is 206 cm³/mol. The van der Waals surface area contributed by atoms with Gasteiger partial charge in [-0.25, -0.2) is 0 Å². The molecule has 0 unspecified atom stereocenters. The molecule has 0 atom stereocenters. The van der Waals surface area contributed by atoms with Crippen molar-refractivity contribution in [2.45, 2.75) is 79.3 Å². The molecular weight excluding hydrogens is 735 g/mol. The molecule has 6 aromatic carbocycles. The van der Waals surface area contributed by atoms with E-state index in [1.54, 1.807) is 10.4 Å². The van der Waals surface area contributed by atoms with Gasteiger partial charge in [0.25, 0.3) is 0 Å². The summed E-state index contributed by atoms with van der Waals surface area (Å²) in [5, 5.41) is 8.73. The van der Waals surface area contributed by atoms with Gasteiger partial charge in [-0.2, -0.15) is 12.1 Å². The zero-order chi connectivity index (χ0) is 30.9. The molecule has 46 heavy (non-hydrogen) atoms. The van der Waals surface area contributed by atoms with E-state index in [1.807, 2.05) is 0 Å². The van der Waals surface area contributed by atoms with Crippen LogP contribution >= 0.6 is 0 Å².